The Balaban J connectivity index is 3.39. The molecule has 0 radical (unpaired) electrons. The molecule has 0 fully saturated rings. The van der Waals surface area contributed by atoms with Crippen molar-refractivity contribution in [2.75, 3.05) is 6.61 Å². The van der Waals surface area contributed by atoms with Crippen molar-refractivity contribution in [3.63, 3.8) is 0 Å². The van der Waals surface area contributed by atoms with Crippen molar-refractivity contribution >= 4 is 18.1 Å². The second kappa shape index (κ2) is 6.20. The van der Waals surface area contributed by atoms with Crippen LogP contribution in [0.1, 0.15) is 32.9 Å². The molecular weight excluding hydrogens is 287 g/mol. The maximum Gasteiger partial charge on any atom is 0.361 e. The molecular formula is C11H21N2O4PS. The topological polar surface area (TPSA) is 73.5 Å². The van der Waals surface area contributed by atoms with E-state index in [1.54, 1.807) is 13.8 Å². The molecule has 0 saturated heterocycles. The molecule has 110 valence electrons. The Labute approximate surface area is 117 Å². The van der Waals surface area contributed by atoms with Gasteiger partial charge in [-0.05, 0) is 31.7 Å². The van der Waals surface area contributed by atoms with Gasteiger partial charge in [0, 0.05) is 12.3 Å². The van der Waals surface area contributed by atoms with E-state index in [1.807, 2.05) is 13.8 Å². The zero-order valence-electron chi connectivity index (χ0n) is 11.9. The maximum absolute atomic E-state index is 13.0. The smallest absolute Gasteiger partial charge is 0.361 e. The summed E-state index contributed by atoms with van der Waals surface area (Å²) in [5.74, 6) is -0.185. The van der Waals surface area contributed by atoms with Crippen LogP contribution >= 0.6 is 18.1 Å². The molecule has 0 saturated carbocycles. The van der Waals surface area contributed by atoms with E-state index < -0.39 is 12.4 Å². The van der Waals surface area contributed by atoms with Crippen molar-refractivity contribution < 1.29 is 14.2 Å². The summed E-state index contributed by atoms with van der Waals surface area (Å²) in [4.78, 5) is 12.1. The van der Waals surface area contributed by atoms with Gasteiger partial charge in [-0.1, -0.05) is 13.8 Å². The van der Waals surface area contributed by atoms with E-state index in [1.165, 1.54) is 7.05 Å². The van der Waals surface area contributed by atoms with Crippen LogP contribution in [0.2, 0.25) is 0 Å². The normalized spacial score (nSPS) is 16.3. The van der Waals surface area contributed by atoms with Crippen LogP contribution < -0.4 is 5.69 Å². The minimum atomic E-state index is -3.39. The lowest BCUT2D eigenvalue weighted by Crippen LogP contribution is -2.22. The fourth-order valence-corrected chi connectivity index (χ4v) is 6.77. The molecule has 0 amide bonds. The van der Waals surface area contributed by atoms with Crippen LogP contribution in [0.3, 0.4) is 0 Å². The number of imidazole rings is 1. The quantitative estimate of drug-likeness (QED) is 0.818. The lowest BCUT2D eigenvalue weighted by Gasteiger charge is -2.21. The number of nitrogens with zero attached hydrogens (tertiary/aromatic N) is 2. The average molecular weight is 308 g/mol. The van der Waals surface area contributed by atoms with Gasteiger partial charge in [-0.3, -0.25) is 9.13 Å². The second-order valence-electron chi connectivity index (χ2n) is 4.27. The van der Waals surface area contributed by atoms with Crippen LogP contribution in [0.4, 0.5) is 0 Å². The highest BCUT2D eigenvalue weighted by Gasteiger charge is 2.34. The minimum Gasteiger partial charge on any atom is -0.493 e. The monoisotopic (exact) mass is 308 g/mol. The molecule has 19 heavy (non-hydrogen) atoms. The first-order chi connectivity index (χ1) is 8.78. The van der Waals surface area contributed by atoms with Gasteiger partial charge in [0.05, 0.1) is 12.3 Å². The molecule has 2 unspecified atom stereocenters. The Kier molecular flexibility index (Phi) is 5.35. The average Bonchev–Trinajstić information content (AvgIpc) is 2.54. The standard InChI is InChI=1S/C11H21N2O4PS/c1-6-8(3)19-18(16,17-7-2)13-9(4)10(14)12(5)11(13)15/h8,14H,6-7H2,1-5H3. The Hall–Kier alpha value is -0.650. The van der Waals surface area contributed by atoms with Crippen molar-refractivity contribution in [3.05, 3.63) is 16.2 Å². The Bertz CT molecular complexity index is 552. The Morgan fingerprint density at radius 2 is 2.05 bits per heavy atom. The fraction of sp³-hybridized carbons (Fsp3) is 0.727. The third-order valence-electron chi connectivity index (χ3n) is 2.85. The second-order valence-corrected chi connectivity index (χ2v) is 8.90. The number of hydrogen-bond acceptors (Lipinski definition) is 5. The van der Waals surface area contributed by atoms with E-state index in [0.29, 0.717) is 0 Å². The van der Waals surface area contributed by atoms with Crippen molar-refractivity contribution in [3.8, 4) is 5.88 Å². The van der Waals surface area contributed by atoms with Crippen LogP contribution in [0.25, 0.3) is 0 Å². The minimum absolute atomic E-state index is 0.0889. The molecule has 0 aliphatic carbocycles. The van der Waals surface area contributed by atoms with Crippen molar-refractivity contribution in [2.24, 2.45) is 7.05 Å². The highest BCUT2D eigenvalue weighted by atomic mass is 32.7. The van der Waals surface area contributed by atoms with Gasteiger partial charge in [0.2, 0.25) is 5.88 Å². The summed E-state index contributed by atoms with van der Waals surface area (Å²) in [6, 6.07) is 0. The van der Waals surface area contributed by atoms with Gasteiger partial charge in [0.25, 0.3) is 0 Å². The first-order valence-electron chi connectivity index (χ1n) is 6.19. The van der Waals surface area contributed by atoms with Crippen LogP contribution in [0.5, 0.6) is 5.88 Å². The molecule has 2 atom stereocenters. The highest BCUT2D eigenvalue weighted by molar-refractivity contribution is 8.56. The van der Waals surface area contributed by atoms with Gasteiger partial charge in [0.1, 0.15) is 0 Å². The van der Waals surface area contributed by atoms with Gasteiger partial charge in [-0.2, -0.15) is 0 Å². The van der Waals surface area contributed by atoms with Gasteiger partial charge in [-0.15, -0.1) is 0 Å². The predicted octanol–water partition coefficient (Wildman–Crippen LogP) is 2.73. The predicted molar refractivity (Wildman–Crippen MR) is 78.0 cm³/mol. The van der Waals surface area contributed by atoms with E-state index in [2.05, 4.69) is 0 Å². The van der Waals surface area contributed by atoms with Crippen LogP contribution in [-0.4, -0.2) is 25.9 Å². The molecule has 1 heterocycles. The number of aromatic nitrogens is 2. The summed E-state index contributed by atoms with van der Waals surface area (Å²) in [5, 5.41) is 9.88. The molecule has 0 bridgehead atoms. The molecule has 0 aliphatic rings. The fourth-order valence-electron chi connectivity index (χ4n) is 1.60. The first-order valence-corrected chi connectivity index (χ1v) is 9.25. The third-order valence-corrected chi connectivity index (χ3v) is 8.04. The van der Waals surface area contributed by atoms with E-state index in [0.717, 1.165) is 26.7 Å². The molecule has 1 aromatic rings. The van der Waals surface area contributed by atoms with Crippen molar-refractivity contribution in [2.45, 2.75) is 39.4 Å². The number of aromatic hydroxyl groups is 1. The highest BCUT2D eigenvalue weighted by Crippen LogP contribution is 2.62. The summed E-state index contributed by atoms with van der Waals surface area (Å²) >= 11 is 1.15. The Morgan fingerprint density at radius 1 is 1.47 bits per heavy atom. The molecule has 1 rings (SSSR count). The van der Waals surface area contributed by atoms with E-state index in [4.69, 9.17) is 4.52 Å². The molecule has 0 aliphatic heterocycles. The van der Waals surface area contributed by atoms with Crippen molar-refractivity contribution in [1.29, 1.82) is 0 Å². The van der Waals surface area contributed by atoms with Crippen molar-refractivity contribution in [1.82, 2.24) is 8.90 Å². The molecule has 1 N–H and O–H groups in total. The number of hydrogen-bond donors (Lipinski definition) is 1. The molecule has 1 aromatic heterocycles. The molecule has 8 heteroatoms. The van der Waals surface area contributed by atoms with E-state index >= 15 is 0 Å². The lowest BCUT2D eigenvalue weighted by molar-refractivity contribution is 0.338. The van der Waals surface area contributed by atoms with Gasteiger partial charge < -0.3 is 9.63 Å². The zero-order valence-corrected chi connectivity index (χ0v) is 13.6. The lowest BCUT2D eigenvalue weighted by atomic mass is 10.4. The molecule has 0 spiro atoms. The largest absolute Gasteiger partial charge is 0.493 e. The zero-order chi connectivity index (χ0) is 14.8. The summed E-state index contributed by atoms with van der Waals surface area (Å²) in [7, 11) is 1.44. The summed E-state index contributed by atoms with van der Waals surface area (Å²) in [6.45, 7) is 4.05. The van der Waals surface area contributed by atoms with Crippen LogP contribution in [-0.2, 0) is 16.1 Å². The summed E-state index contributed by atoms with van der Waals surface area (Å²) < 4.78 is 20.5. The third kappa shape index (κ3) is 3.09. The first kappa shape index (κ1) is 16.4. The SMILES string of the molecule is CCOP(=O)(SC(C)CC)n1c(C)c(O)n(C)c1=O. The van der Waals surface area contributed by atoms with Crippen LogP contribution in [0, 0.1) is 6.92 Å². The van der Waals surface area contributed by atoms with Gasteiger partial charge in [0.15, 0.2) is 0 Å². The van der Waals surface area contributed by atoms with Gasteiger partial charge >= 0.3 is 12.4 Å². The summed E-state index contributed by atoms with van der Waals surface area (Å²) in [5.41, 5.74) is -0.261. The van der Waals surface area contributed by atoms with Crippen LogP contribution in [0.15, 0.2) is 4.79 Å². The maximum atomic E-state index is 13.0. The van der Waals surface area contributed by atoms with E-state index in [-0.39, 0.29) is 23.4 Å². The Morgan fingerprint density at radius 3 is 2.42 bits per heavy atom. The molecule has 0 aromatic carbocycles. The number of rotatable bonds is 6. The molecule has 6 nitrogen and oxygen atoms in total. The summed E-state index contributed by atoms with van der Waals surface area (Å²) in [6.07, 6.45) is 0.814. The van der Waals surface area contributed by atoms with E-state index in [9.17, 15) is 14.5 Å². The van der Waals surface area contributed by atoms with Gasteiger partial charge in [-0.25, -0.2) is 9.13 Å².